The van der Waals surface area contributed by atoms with Crippen molar-refractivity contribution < 1.29 is 18.0 Å². The molecule has 0 spiro atoms. The summed E-state index contributed by atoms with van der Waals surface area (Å²) in [4.78, 5) is 25.9. The average Bonchev–Trinajstić information content (AvgIpc) is 3.21. The summed E-state index contributed by atoms with van der Waals surface area (Å²) >= 11 is 0. The summed E-state index contributed by atoms with van der Waals surface area (Å²) in [7, 11) is 0. The van der Waals surface area contributed by atoms with Gasteiger partial charge in [-0.2, -0.15) is 13.2 Å². The molecule has 7 nitrogen and oxygen atoms in total. The lowest BCUT2D eigenvalue weighted by molar-refractivity contribution is -0.137. The molecule has 0 aliphatic carbocycles. The van der Waals surface area contributed by atoms with E-state index in [-0.39, 0.29) is 24.2 Å². The molecule has 10 heteroatoms. The minimum Gasteiger partial charge on any atom is -0.376 e. The number of nitrogens with one attached hydrogen (secondary N) is 3. The maximum absolute atomic E-state index is 13.0. The number of H-pyrrole nitrogens is 1. The van der Waals surface area contributed by atoms with Crippen molar-refractivity contribution >= 4 is 28.4 Å². The molecule has 0 radical (unpaired) electrons. The molecule has 1 aliphatic rings. The van der Waals surface area contributed by atoms with Crippen LogP contribution in [0.15, 0.2) is 36.8 Å². The van der Waals surface area contributed by atoms with Crippen molar-refractivity contribution in [2.24, 2.45) is 0 Å². The molecule has 3 heterocycles. The van der Waals surface area contributed by atoms with Crippen LogP contribution in [0.4, 0.5) is 24.7 Å². The average molecular weight is 432 g/mol. The summed E-state index contributed by atoms with van der Waals surface area (Å²) in [6, 6.07) is 5.63. The standard InChI is InChI=1S/C21H23F3N6O/c1-13-7-14(21(22,23)24)9-16(8-13)26-10-18(31)30-6-2-3-15(11-30)29-20-17-4-5-25-19(17)27-12-28-20/h4-5,7-9,12,15,26H,2-3,6,10-11H2,1H3,(H2,25,27,28,29). The lowest BCUT2D eigenvalue weighted by Crippen LogP contribution is -2.47. The highest BCUT2D eigenvalue weighted by atomic mass is 19.4. The van der Waals surface area contributed by atoms with Gasteiger partial charge in [-0.25, -0.2) is 9.97 Å². The van der Waals surface area contributed by atoms with Gasteiger partial charge < -0.3 is 20.5 Å². The fourth-order valence-corrected chi connectivity index (χ4v) is 3.84. The first kappa shape index (κ1) is 21.0. The number of amides is 1. The van der Waals surface area contributed by atoms with E-state index in [9.17, 15) is 18.0 Å². The van der Waals surface area contributed by atoms with Crippen molar-refractivity contribution in [3.63, 3.8) is 0 Å². The molecular weight excluding hydrogens is 409 g/mol. The van der Waals surface area contributed by atoms with Crippen molar-refractivity contribution in [3.8, 4) is 0 Å². The predicted molar refractivity (Wildman–Crippen MR) is 112 cm³/mol. The number of carbonyl (C=O) groups excluding carboxylic acids is 1. The number of aromatic amines is 1. The van der Waals surface area contributed by atoms with E-state index < -0.39 is 11.7 Å². The van der Waals surface area contributed by atoms with E-state index in [0.29, 0.717) is 24.5 Å². The maximum atomic E-state index is 13.0. The van der Waals surface area contributed by atoms with E-state index in [1.807, 2.05) is 6.07 Å². The Kier molecular flexibility index (Phi) is 5.71. The van der Waals surface area contributed by atoms with Gasteiger partial charge >= 0.3 is 6.18 Å². The van der Waals surface area contributed by atoms with Gasteiger partial charge in [-0.1, -0.05) is 0 Å². The van der Waals surface area contributed by atoms with Crippen LogP contribution in [0.2, 0.25) is 0 Å². The summed E-state index contributed by atoms with van der Waals surface area (Å²) in [5.41, 5.74) is 0.767. The number of nitrogens with zero attached hydrogens (tertiary/aromatic N) is 3. The first-order chi connectivity index (χ1) is 14.8. The van der Waals surface area contributed by atoms with Crippen molar-refractivity contribution in [1.29, 1.82) is 0 Å². The zero-order chi connectivity index (χ0) is 22.0. The minimum absolute atomic E-state index is 0.0292. The molecule has 164 valence electrons. The highest BCUT2D eigenvalue weighted by Gasteiger charge is 2.31. The smallest absolute Gasteiger partial charge is 0.376 e. The van der Waals surface area contributed by atoms with Gasteiger partial charge in [0.05, 0.1) is 17.5 Å². The van der Waals surface area contributed by atoms with Crippen molar-refractivity contribution in [2.45, 2.75) is 32.0 Å². The number of anilines is 2. The third-order valence-corrected chi connectivity index (χ3v) is 5.32. The second-order valence-electron chi connectivity index (χ2n) is 7.72. The first-order valence-electron chi connectivity index (χ1n) is 10.0. The number of fused-ring (bicyclic) bond motifs is 1. The summed E-state index contributed by atoms with van der Waals surface area (Å²) < 4.78 is 39.0. The molecular formula is C21H23F3N6O. The van der Waals surface area contributed by atoms with Gasteiger partial charge in [-0.15, -0.1) is 0 Å². The number of aromatic nitrogens is 3. The fraction of sp³-hybridized carbons (Fsp3) is 0.381. The van der Waals surface area contributed by atoms with Crippen LogP contribution in [-0.2, 0) is 11.0 Å². The van der Waals surface area contributed by atoms with Gasteiger partial charge in [0.2, 0.25) is 5.91 Å². The van der Waals surface area contributed by atoms with Gasteiger partial charge in [0.15, 0.2) is 0 Å². The van der Waals surface area contributed by atoms with Crippen LogP contribution in [0.5, 0.6) is 0 Å². The number of hydrogen-bond acceptors (Lipinski definition) is 5. The van der Waals surface area contributed by atoms with Crippen LogP contribution in [0.1, 0.15) is 24.0 Å². The summed E-state index contributed by atoms with van der Waals surface area (Å²) in [5.74, 6) is 0.555. The molecule has 1 aromatic carbocycles. The highest BCUT2D eigenvalue weighted by molar-refractivity contribution is 5.87. The Morgan fingerprint density at radius 1 is 1.29 bits per heavy atom. The molecule has 31 heavy (non-hydrogen) atoms. The molecule has 1 aliphatic heterocycles. The number of halogens is 3. The van der Waals surface area contributed by atoms with E-state index in [1.54, 1.807) is 24.1 Å². The van der Waals surface area contributed by atoms with Gasteiger partial charge in [0, 0.05) is 31.0 Å². The number of hydrogen-bond donors (Lipinski definition) is 3. The zero-order valence-electron chi connectivity index (χ0n) is 17.0. The Balaban J connectivity index is 1.37. The second kappa shape index (κ2) is 8.44. The Labute approximate surface area is 177 Å². The molecule has 0 saturated carbocycles. The van der Waals surface area contributed by atoms with Crippen LogP contribution in [-0.4, -0.2) is 51.4 Å². The van der Waals surface area contributed by atoms with Gasteiger partial charge in [-0.05, 0) is 49.6 Å². The molecule has 1 atom stereocenters. The molecule has 0 bridgehead atoms. The first-order valence-corrected chi connectivity index (χ1v) is 10.0. The molecule has 1 fully saturated rings. The molecule has 1 saturated heterocycles. The molecule has 2 aromatic heterocycles. The van der Waals surface area contributed by atoms with Crippen molar-refractivity contribution in [2.75, 3.05) is 30.3 Å². The van der Waals surface area contributed by atoms with Crippen molar-refractivity contribution in [1.82, 2.24) is 19.9 Å². The Morgan fingerprint density at radius 3 is 2.94 bits per heavy atom. The Bertz CT molecular complexity index is 1080. The quantitative estimate of drug-likeness (QED) is 0.571. The van der Waals surface area contributed by atoms with Gasteiger partial charge in [0.25, 0.3) is 0 Å². The number of piperidine rings is 1. The number of alkyl halides is 3. The summed E-state index contributed by atoms with van der Waals surface area (Å²) in [6.45, 7) is 2.64. The van der Waals surface area contributed by atoms with Crippen LogP contribution in [0.25, 0.3) is 11.0 Å². The number of carbonyl (C=O) groups is 1. The summed E-state index contributed by atoms with van der Waals surface area (Å²) in [6.07, 6.45) is 0.563. The van der Waals surface area contributed by atoms with E-state index >= 15 is 0 Å². The number of aryl methyl sites for hydroxylation is 1. The van der Waals surface area contributed by atoms with E-state index in [1.165, 1.54) is 6.33 Å². The largest absolute Gasteiger partial charge is 0.416 e. The molecule has 1 unspecified atom stereocenters. The molecule has 3 aromatic rings. The Morgan fingerprint density at radius 2 is 2.13 bits per heavy atom. The van der Waals surface area contributed by atoms with Gasteiger partial charge in [0.1, 0.15) is 17.8 Å². The normalized spacial score (nSPS) is 17.0. The fourth-order valence-electron chi connectivity index (χ4n) is 3.84. The topological polar surface area (TPSA) is 85.9 Å². The van der Waals surface area contributed by atoms with E-state index in [0.717, 1.165) is 36.0 Å². The molecule has 4 rings (SSSR count). The SMILES string of the molecule is Cc1cc(NCC(=O)N2CCCC(Nc3ncnc4[nH]ccc34)C2)cc(C(F)(F)F)c1. The van der Waals surface area contributed by atoms with Crippen molar-refractivity contribution in [3.05, 3.63) is 47.9 Å². The molecule has 3 N–H and O–H groups in total. The van der Waals surface area contributed by atoms with E-state index in [2.05, 4.69) is 25.6 Å². The second-order valence-corrected chi connectivity index (χ2v) is 7.72. The maximum Gasteiger partial charge on any atom is 0.416 e. The third-order valence-electron chi connectivity index (χ3n) is 5.32. The van der Waals surface area contributed by atoms with Crippen LogP contribution in [0, 0.1) is 6.92 Å². The predicted octanol–water partition coefficient (Wildman–Crippen LogP) is 3.80. The van der Waals surface area contributed by atoms with Gasteiger partial charge in [-0.3, -0.25) is 4.79 Å². The monoisotopic (exact) mass is 432 g/mol. The zero-order valence-corrected chi connectivity index (χ0v) is 17.0. The van der Waals surface area contributed by atoms with Crippen LogP contribution in [0.3, 0.4) is 0 Å². The summed E-state index contributed by atoms with van der Waals surface area (Å²) in [5, 5.41) is 7.12. The number of rotatable bonds is 5. The third kappa shape index (κ3) is 4.89. The van der Waals surface area contributed by atoms with Crippen LogP contribution < -0.4 is 10.6 Å². The minimum atomic E-state index is -4.43. The highest BCUT2D eigenvalue weighted by Crippen LogP contribution is 2.31. The molecule has 1 amide bonds. The van der Waals surface area contributed by atoms with E-state index in [4.69, 9.17) is 0 Å². The lowest BCUT2D eigenvalue weighted by Gasteiger charge is -2.33. The van der Waals surface area contributed by atoms with Crippen LogP contribution >= 0.6 is 0 Å². The Hall–Kier alpha value is -3.30. The number of likely N-dealkylation sites (tertiary alicyclic amines) is 1. The number of benzene rings is 1. The lowest BCUT2D eigenvalue weighted by atomic mass is 10.1.